The molecule has 0 saturated carbocycles. The van der Waals surface area contributed by atoms with Gasteiger partial charge in [0, 0.05) is 44.0 Å². The standard InChI is InChI=1S/C17H20ClN3/c1-20-10-11-21(12-15-8-5-9-19-17(15)18)16(13-20)14-6-3-2-4-7-14/h2-9,16H,10-13H2,1H3. The molecule has 0 aliphatic carbocycles. The SMILES string of the molecule is CN1CCN(Cc2cccnc2Cl)C(c2ccccc2)C1. The number of piperazine rings is 1. The second-order valence-electron chi connectivity index (χ2n) is 5.61. The van der Waals surface area contributed by atoms with Crippen LogP contribution < -0.4 is 0 Å². The van der Waals surface area contributed by atoms with Gasteiger partial charge in [0.05, 0.1) is 0 Å². The van der Waals surface area contributed by atoms with E-state index in [4.69, 9.17) is 11.6 Å². The van der Waals surface area contributed by atoms with Crippen molar-refractivity contribution in [3.8, 4) is 0 Å². The average molecular weight is 302 g/mol. The van der Waals surface area contributed by atoms with Gasteiger partial charge >= 0.3 is 0 Å². The maximum absolute atomic E-state index is 6.22. The van der Waals surface area contributed by atoms with Gasteiger partial charge in [-0.2, -0.15) is 0 Å². The minimum Gasteiger partial charge on any atom is -0.303 e. The summed E-state index contributed by atoms with van der Waals surface area (Å²) in [5, 5.41) is 0.614. The van der Waals surface area contributed by atoms with Crippen LogP contribution in [0, 0.1) is 0 Å². The monoisotopic (exact) mass is 301 g/mol. The smallest absolute Gasteiger partial charge is 0.133 e. The van der Waals surface area contributed by atoms with E-state index in [1.165, 1.54) is 5.56 Å². The van der Waals surface area contributed by atoms with Gasteiger partial charge in [-0.1, -0.05) is 48.0 Å². The summed E-state index contributed by atoms with van der Waals surface area (Å²) in [5.74, 6) is 0. The molecule has 0 bridgehead atoms. The second kappa shape index (κ2) is 6.56. The Morgan fingerprint density at radius 2 is 1.95 bits per heavy atom. The Bertz CT molecular complexity index is 588. The van der Waals surface area contributed by atoms with Gasteiger partial charge in [0.15, 0.2) is 0 Å². The molecule has 1 aromatic heterocycles. The molecule has 0 amide bonds. The maximum atomic E-state index is 6.22. The number of pyridine rings is 1. The lowest BCUT2D eigenvalue weighted by atomic mass is 10.0. The number of nitrogens with zero attached hydrogens (tertiary/aromatic N) is 3. The van der Waals surface area contributed by atoms with E-state index in [0.717, 1.165) is 31.7 Å². The zero-order chi connectivity index (χ0) is 14.7. The van der Waals surface area contributed by atoms with Gasteiger partial charge in [-0.25, -0.2) is 4.98 Å². The fourth-order valence-electron chi connectivity index (χ4n) is 2.89. The molecule has 2 heterocycles. The second-order valence-corrected chi connectivity index (χ2v) is 5.97. The third kappa shape index (κ3) is 3.43. The Hall–Kier alpha value is -1.42. The molecule has 3 nitrogen and oxygen atoms in total. The summed E-state index contributed by atoms with van der Waals surface area (Å²) in [4.78, 5) is 9.07. The van der Waals surface area contributed by atoms with E-state index in [9.17, 15) is 0 Å². The van der Waals surface area contributed by atoms with Crippen molar-refractivity contribution in [2.75, 3.05) is 26.7 Å². The molecule has 1 unspecified atom stereocenters. The lowest BCUT2D eigenvalue weighted by Crippen LogP contribution is -2.46. The highest BCUT2D eigenvalue weighted by Crippen LogP contribution is 2.27. The summed E-state index contributed by atoms with van der Waals surface area (Å²) in [6.07, 6.45) is 1.74. The van der Waals surface area contributed by atoms with Gasteiger partial charge in [0.1, 0.15) is 5.15 Å². The molecule has 1 aromatic carbocycles. The third-order valence-electron chi connectivity index (χ3n) is 4.09. The highest BCUT2D eigenvalue weighted by Gasteiger charge is 2.26. The van der Waals surface area contributed by atoms with Crippen LogP contribution in [0.4, 0.5) is 0 Å². The van der Waals surface area contributed by atoms with Crippen LogP contribution >= 0.6 is 11.6 Å². The number of hydrogen-bond donors (Lipinski definition) is 0. The summed E-state index contributed by atoms with van der Waals surface area (Å²) >= 11 is 6.22. The van der Waals surface area contributed by atoms with Crippen LogP contribution in [0.25, 0.3) is 0 Å². The molecule has 1 saturated heterocycles. The summed E-state index contributed by atoms with van der Waals surface area (Å²) in [6.45, 7) is 4.02. The number of aromatic nitrogens is 1. The van der Waals surface area contributed by atoms with E-state index in [1.54, 1.807) is 6.20 Å². The molecule has 0 N–H and O–H groups in total. The Morgan fingerprint density at radius 1 is 1.14 bits per heavy atom. The van der Waals surface area contributed by atoms with E-state index in [0.29, 0.717) is 11.2 Å². The van der Waals surface area contributed by atoms with Crippen LogP contribution in [0.3, 0.4) is 0 Å². The number of halogens is 1. The van der Waals surface area contributed by atoms with E-state index in [-0.39, 0.29) is 0 Å². The number of benzene rings is 1. The Morgan fingerprint density at radius 3 is 2.71 bits per heavy atom. The van der Waals surface area contributed by atoms with Gasteiger partial charge in [-0.05, 0) is 18.7 Å². The fraction of sp³-hybridized carbons (Fsp3) is 0.353. The lowest BCUT2D eigenvalue weighted by Gasteiger charge is -2.40. The fourth-order valence-corrected chi connectivity index (χ4v) is 3.07. The van der Waals surface area contributed by atoms with Crippen LogP contribution in [-0.2, 0) is 6.54 Å². The normalized spacial score (nSPS) is 20.6. The van der Waals surface area contributed by atoms with E-state index < -0.39 is 0 Å². The van der Waals surface area contributed by atoms with Gasteiger partial charge in [0.25, 0.3) is 0 Å². The zero-order valence-corrected chi connectivity index (χ0v) is 13.0. The van der Waals surface area contributed by atoms with Gasteiger partial charge in [-0.3, -0.25) is 4.90 Å². The minimum atomic E-state index is 0.404. The van der Waals surface area contributed by atoms with Crippen molar-refractivity contribution in [2.45, 2.75) is 12.6 Å². The number of hydrogen-bond acceptors (Lipinski definition) is 3. The Labute approximate surface area is 131 Å². The highest BCUT2D eigenvalue weighted by atomic mass is 35.5. The van der Waals surface area contributed by atoms with Gasteiger partial charge in [-0.15, -0.1) is 0 Å². The number of rotatable bonds is 3. The first-order chi connectivity index (χ1) is 10.2. The van der Waals surface area contributed by atoms with Crippen LogP contribution in [-0.4, -0.2) is 41.5 Å². The summed E-state index contributed by atoms with van der Waals surface area (Å²) in [6, 6.07) is 15.1. The summed E-state index contributed by atoms with van der Waals surface area (Å²) in [7, 11) is 2.18. The zero-order valence-electron chi connectivity index (χ0n) is 12.2. The highest BCUT2D eigenvalue weighted by molar-refractivity contribution is 6.30. The van der Waals surface area contributed by atoms with Gasteiger partial charge in [0.2, 0.25) is 0 Å². The van der Waals surface area contributed by atoms with Gasteiger partial charge < -0.3 is 4.90 Å². The molecular weight excluding hydrogens is 282 g/mol. The number of likely N-dealkylation sites (N-methyl/N-ethyl adjacent to an activating group) is 1. The summed E-state index contributed by atoms with van der Waals surface area (Å²) < 4.78 is 0. The van der Waals surface area contributed by atoms with Crippen LogP contribution in [0.5, 0.6) is 0 Å². The predicted molar refractivity (Wildman–Crippen MR) is 86.3 cm³/mol. The third-order valence-corrected chi connectivity index (χ3v) is 4.43. The molecule has 1 atom stereocenters. The van der Waals surface area contributed by atoms with E-state index in [2.05, 4.69) is 58.2 Å². The Kier molecular flexibility index (Phi) is 4.54. The molecule has 1 fully saturated rings. The Balaban J connectivity index is 1.83. The van der Waals surface area contributed by atoms with Crippen LogP contribution in [0.1, 0.15) is 17.2 Å². The first kappa shape index (κ1) is 14.5. The van der Waals surface area contributed by atoms with E-state index in [1.807, 2.05) is 6.07 Å². The molecule has 0 spiro atoms. The van der Waals surface area contributed by atoms with Crippen molar-refractivity contribution in [2.24, 2.45) is 0 Å². The topological polar surface area (TPSA) is 19.4 Å². The van der Waals surface area contributed by atoms with Crippen molar-refractivity contribution < 1.29 is 0 Å². The molecule has 0 radical (unpaired) electrons. The van der Waals surface area contributed by atoms with Crippen molar-refractivity contribution in [3.05, 3.63) is 64.9 Å². The first-order valence-corrected chi connectivity index (χ1v) is 7.69. The van der Waals surface area contributed by atoms with Crippen LogP contribution in [0.2, 0.25) is 5.15 Å². The predicted octanol–water partition coefficient (Wildman–Crippen LogP) is 3.22. The van der Waals surface area contributed by atoms with E-state index >= 15 is 0 Å². The molecule has 110 valence electrons. The molecule has 4 heteroatoms. The molecule has 1 aliphatic heterocycles. The molecule has 3 rings (SSSR count). The largest absolute Gasteiger partial charge is 0.303 e. The quantitative estimate of drug-likeness (QED) is 0.812. The summed E-state index contributed by atoms with van der Waals surface area (Å²) in [5.41, 5.74) is 2.47. The molecule has 21 heavy (non-hydrogen) atoms. The van der Waals surface area contributed by atoms with Crippen LogP contribution in [0.15, 0.2) is 48.7 Å². The molecule has 1 aliphatic rings. The first-order valence-electron chi connectivity index (χ1n) is 7.31. The van der Waals surface area contributed by atoms with Crippen molar-refractivity contribution in [3.63, 3.8) is 0 Å². The lowest BCUT2D eigenvalue weighted by molar-refractivity contribution is 0.0833. The van der Waals surface area contributed by atoms with Crippen molar-refractivity contribution >= 4 is 11.6 Å². The molecular formula is C17H20ClN3. The molecule has 2 aromatic rings. The van der Waals surface area contributed by atoms with Crippen molar-refractivity contribution in [1.29, 1.82) is 0 Å². The van der Waals surface area contributed by atoms with Crippen molar-refractivity contribution in [1.82, 2.24) is 14.8 Å². The minimum absolute atomic E-state index is 0.404. The average Bonchev–Trinajstić information content (AvgIpc) is 2.52. The maximum Gasteiger partial charge on any atom is 0.133 e.